The maximum atomic E-state index is 12.4. The van der Waals surface area contributed by atoms with E-state index in [1.54, 1.807) is 18.2 Å². The van der Waals surface area contributed by atoms with Gasteiger partial charge < -0.3 is 20.1 Å². The van der Waals surface area contributed by atoms with E-state index in [4.69, 9.17) is 32.7 Å². The molecule has 1 aliphatic heterocycles. The maximum Gasteiger partial charge on any atom is 0.319 e. The van der Waals surface area contributed by atoms with Crippen LogP contribution in [-0.4, -0.2) is 19.2 Å². The Labute approximate surface area is 155 Å². The first-order chi connectivity index (χ1) is 12.1. The van der Waals surface area contributed by atoms with E-state index in [1.807, 2.05) is 18.2 Å². The van der Waals surface area contributed by atoms with Crippen molar-refractivity contribution in [2.24, 2.45) is 0 Å². The summed E-state index contributed by atoms with van der Waals surface area (Å²) >= 11 is 11.9. The predicted octanol–water partition coefficient (Wildman–Crippen LogP) is 4.58. The second kappa shape index (κ2) is 6.32. The van der Waals surface area contributed by atoms with E-state index in [9.17, 15) is 4.79 Å². The van der Waals surface area contributed by atoms with Crippen molar-refractivity contribution in [3.8, 4) is 11.5 Å². The number of benzene rings is 2. The van der Waals surface area contributed by atoms with E-state index in [0.29, 0.717) is 28.9 Å². The van der Waals surface area contributed by atoms with Gasteiger partial charge in [0.15, 0.2) is 11.5 Å². The third-order valence-corrected chi connectivity index (χ3v) is 5.11. The molecule has 7 heteroatoms. The van der Waals surface area contributed by atoms with Crippen LogP contribution in [0.5, 0.6) is 11.5 Å². The Kier molecular flexibility index (Phi) is 4.13. The third kappa shape index (κ3) is 3.34. The summed E-state index contributed by atoms with van der Waals surface area (Å²) in [6.45, 7) is 1.09. The summed E-state index contributed by atoms with van der Waals surface area (Å²) in [5, 5.41) is 6.68. The van der Waals surface area contributed by atoms with E-state index < -0.39 is 0 Å². The SMILES string of the molecule is O=C(Nc1ccc(Cl)c(Cl)c1)NC1(c2ccc3c(c2)OCCO3)CC1. The second-order valence-electron chi connectivity index (χ2n) is 6.15. The third-order valence-electron chi connectivity index (χ3n) is 4.38. The molecule has 1 fully saturated rings. The summed E-state index contributed by atoms with van der Waals surface area (Å²) in [4.78, 5) is 12.4. The van der Waals surface area contributed by atoms with E-state index in [0.717, 1.165) is 29.9 Å². The van der Waals surface area contributed by atoms with Crippen molar-refractivity contribution in [2.75, 3.05) is 18.5 Å². The largest absolute Gasteiger partial charge is 0.486 e. The fourth-order valence-corrected chi connectivity index (χ4v) is 3.20. The summed E-state index contributed by atoms with van der Waals surface area (Å²) in [7, 11) is 0. The number of nitrogens with one attached hydrogen (secondary N) is 2. The number of fused-ring (bicyclic) bond motifs is 1. The minimum atomic E-state index is -0.365. The Balaban J connectivity index is 1.48. The van der Waals surface area contributed by atoms with Crippen molar-refractivity contribution < 1.29 is 14.3 Å². The van der Waals surface area contributed by atoms with Crippen LogP contribution in [0.3, 0.4) is 0 Å². The topological polar surface area (TPSA) is 59.6 Å². The molecular weight excluding hydrogens is 363 g/mol. The quantitative estimate of drug-likeness (QED) is 0.821. The molecule has 0 radical (unpaired) electrons. The van der Waals surface area contributed by atoms with Crippen molar-refractivity contribution >= 4 is 34.9 Å². The number of anilines is 1. The minimum absolute atomic E-state index is 0.286. The van der Waals surface area contributed by atoms with Crippen molar-refractivity contribution in [1.82, 2.24) is 5.32 Å². The molecular formula is C18H16Cl2N2O3. The number of hydrogen-bond donors (Lipinski definition) is 2. The molecule has 4 rings (SSSR count). The Hall–Kier alpha value is -2.11. The molecule has 2 aromatic carbocycles. The average Bonchev–Trinajstić information content (AvgIpc) is 3.38. The standard InChI is InChI=1S/C18H16Cl2N2O3/c19-13-3-2-12(10-14(13)20)21-17(23)22-18(5-6-18)11-1-4-15-16(9-11)25-8-7-24-15/h1-4,9-10H,5-8H2,(H2,21,22,23). The van der Waals surface area contributed by atoms with Crippen LogP contribution in [-0.2, 0) is 5.54 Å². The highest BCUT2D eigenvalue weighted by molar-refractivity contribution is 6.42. The highest BCUT2D eigenvalue weighted by Crippen LogP contribution is 2.47. The fourth-order valence-electron chi connectivity index (χ4n) is 2.91. The zero-order valence-electron chi connectivity index (χ0n) is 13.3. The van der Waals surface area contributed by atoms with Gasteiger partial charge >= 0.3 is 6.03 Å². The lowest BCUT2D eigenvalue weighted by Crippen LogP contribution is -2.38. The van der Waals surface area contributed by atoms with E-state index in [2.05, 4.69) is 10.6 Å². The van der Waals surface area contributed by atoms with Crippen LogP contribution in [0.15, 0.2) is 36.4 Å². The smallest absolute Gasteiger partial charge is 0.319 e. The van der Waals surface area contributed by atoms with Crippen molar-refractivity contribution in [2.45, 2.75) is 18.4 Å². The Morgan fingerprint density at radius 1 is 0.960 bits per heavy atom. The molecule has 130 valence electrons. The van der Waals surface area contributed by atoms with Crippen LogP contribution in [0, 0.1) is 0 Å². The molecule has 0 unspecified atom stereocenters. The summed E-state index contributed by atoms with van der Waals surface area (Å²) in [5.41, 5.74) is 1.24. The lowest BCUT2D eigenvalue weighted by atomic mass is 10.0. The van der Waals surface area contributed by atoms with Gasteiger partial charge in [-0.25, -0.2) is 4.79 Å². The van der Waals surface area contributed by atoms with Gasteiger partial charge in [-0.1, -0.05) is 29.3 Å². The Bertz CT molecular complexity index is 837. The Morgan fingerprint density at radius 2 is 1.72 bits per heavy atom. The molecule has 5 nitrogen and oxygen atoms in total. The first kappa shape index (κ1) is 16.4. The first-order valence-electron chi connectivity index (χ1n) is 8.00. The fraction of sp³-hybridized carbons (Fsp3) is 0.278. The van der Waals surface area contributed by atoms with Crippen molar-refractivity contribution in [3.63, 3.8) is 0 Å². The maximum absolute atomic E-state index is 12.4. The molecule has 2 amide bonds. The van der Waals surface area contributed by atoms with Gasteiger partial charge in [0.05, 0.1) is 15.6 Å². The van der Waals surface area contributed by atoms with Gasteiger partial charge in [-0.15, -0.1) is 0 Å². The van der Waals surface area contributed by atoms with Gasteiger partial charge in [-0.2, -0.15) is 0 Å². The number of hydrogen-bond acceptors (Lipinski definition) is 3. The van der Waals surface area contributed by atoms with Crippen LogP contribution >= 0.6 is 23.2 Å². The van der Waals surface area contributed by atoms with Crippen molar-refractivity contribution in [3.05, 3.63) is 52.0 Å². The number of halogens is 2. The molecule has 2 aromatic rings. The number of amides is 2. The van der Waals surface area contributed by atoms with Crippen LogP contribution in [0.2, 0.25) is 10.0 Å². The predicted molar refractivity (Wildman–Crippen MR) is 97.0 cm³/mol. The number of rotatable bonds is 3. The molecule has 2 aliphatic rings. The van der Waals surface area contributed by atoms with Crippen molar-refractivity contribution in [1.29, 1.82) is 0 Å². The lowest BCUT2D eigenvalue weighted by molar-refractivity contribution is 0.171. The average molecular weight is 379 g/mol. The van der Waals surface area contributed by atoms with Crippen LogP contribution in [0.25, 0.3) is 0 Å². The number of carbonyl (C=O) groups excluding carboxylic acids is 1. The lowest BCUT2D eigenvalue weighted by Gasteiger charge is -2.23. The van der Waals surface area contributed by atoms with Gasteiger partial charge in [0.1, 0.15) is 13.2 Å². The van der Waals surface area contributed by atoms with Crippen LogP contribution < -0.4 is 20.1 Å². The van der Waals surface area contributed by atoms with E-state index in [-0.39, 0.29) is 11.6 Å². The van der Waals surface area contributed by atoms with Crippen LogP contribution in [0.1, 0.15) is 18.4 Å². The van der Waals surface area contributed by atoms with Gasteiger partial charge in [0.2, 0.25) is 0 Å². The number of urea groups is 1. The molecule has 1 aliphatic carbocycles. The monoisotopic (exact) mass is 378 g/mol. The molecule has 0 atom stereocenters. The molecule has 1 heterocycles. The number of ether oxygens (including phenoxy) is 2. The molecule has 0 saturated heterocycles. The van der Waals surface area contributed by atoms with Gasteiger partial charge in [-0.05, 0) is 48.7 Å². The highest BCUT2D eigenvalue weighted by atomic mass is 35.5. The van der Waals surface area contributed by atoms with Gasteiger partial charge in [0.25, 0.3) is 0 Å². The van der Waals surface area contributed by atoms with Gasteiger partial charge in [-0.3, -0.25) is 0 Å². The zero-order valence-corrected chi connectivity index (χ0v) is 14.8. The first-order valence-corrected chi connectivity index (χ1v) is 8.76. The zero-order chi connectivity index (χ0) is 17.4. The van der Waals surface area contributed by atoms with Gasteiger partial charge in [0, 0.05) is 5.69 Å². The second-order valence-corrected chi connectivity index (χ2v) is 6.96. The normalized spacial score (nSPS) is 16.9. The van der Waals surface area contributed by atoms with E-state index >= 15 is 0 Å². The highest BCUT2D eigenvalue weighted by Gasteiger charge is 2.46. The molecule has 0 bridgehead atoms. The summed E-state index contributed by atoms with van der Waals surface area (Å²) in [6, 6.07) is 10.5. The number of carbonyl (C=O) groups is 1. The van der Waals surface area contributed by atoms with Crippen LogP contribution in [0.4, 0.5) is 10.5 Å². The molecule has 25 heavy (non-hydrogen) atoms. The molecule has 1 saturated carbocycles. The summed E-state index contributed by atoms with van der Waals surface area (Å²) in [5.74, 6) is 1.47. The molecule has 0 spiro atoms. The molecule has 2 N–H and O–H groups in total. The summed E-state index contributed by atoms with van der Waals surface area (Å²) < 4.78 is 11.2. The summed E-state index contributed by atoms with van der Waals surface area (Å²) in [6.07, 6.45) is 1.75. The molecule has 0 aromatic heterocycles. The van der Waals surface area contributed by atoms with E-state index in [1.165, 1.54) is 0 Å². The minimum Gasteiger partial charge on any atom is -0.486 e. The Morgan fingerprint density at radius 3 is 2.44 bits per heavy atom.